The van der Waals surface area contributed by atoms with Crippen LogP contribution < -0.4 is 15.4 Å². The lowest BCUT2D eigenvalue weighted by atomic mass is 10.1. The third-order valence-electron chi connectivity index (χ3n) is 3.87. The van der Waals surface area contributed by atoms with E-state index in [1.165, 1.54) is 6.33 Å². The molecule has 0 unspecified atom stereocenters. The Labute approximate surface area is 185 Å². The molecule has 0 aliphatic rings. The second-order valence-corrected chi connectivity index (χ2v) is 7.43. The van der Waals surface area contributed by atoms with Crippen LogP contribution in [0.5, 0.6) is 5.88 Å². The summed E-state index contributed by atoms with van der Waals surface area (Å²) in [5, 5.41) is 14.2. The van der Waals surface area contributed by atoms with Crippen molar-refractivity contribution in [1.82, 2.24) is 15.0 Å². The molecule has 1 aromatic carbocycles. The summed E-state index contributed by atoms with van der Waals surface area (Å²) >= 11 is 1.02. The second-order valence-electron chi connectivity index (χ2n) is 6.08. The summed E-state index contributed by atoms with van der Waals surface area (Å²) in [6.07, 6.45) is 6.26. The molecule has 7 nitrogen and oxygen atoms in total. The van der Waals surface area contributed by atoms with Crippen LogP contribution in [0.4, 0.5) is 20.2 Å². The van der Waals surface area contributed by atoms with Crippen molar-refractivity contribution in [3.05, 3.63) is 67.4 Å². The van der Waals surface area contributed by atoms with Crippen molar-refractivity contribution in [2.45, 2.75) is 4.05 Å². The van der Waals surface area contributed by atoms with Crippen LogP contribution in [0.3, 0.4) is 0 Å². The highest BCUT2D eigenvalue weighted by atomic mass is 127. The fraction of sp³-hybridized carbons (Fsp3) is 0.150. The van der Waals surface area contributed by atoms with Gasteiger partial charge in [0.2, 0.25) is 5.88 Å². The number of nitrogens with one attached hydrogen (secondary N) is 2. The summed E-state index contributed by atoms with van der Waals surface area (Å²) in [4.78, 5) is 12.4. The van der Waals surface area contributed by atoms with Crippen LogP contribution in [0.25, 0.3) is 16.8 Å². The summed E-state index contributed by atoms with van der Waals surface area (Å²) in [5.41, 5.74) is 3.55. The largest absolute Gasteiger partial charge is 0.475 e. The maximum atomic E-state index is 13.0. The van der Waals surface area contributed by atoms with Gasteiger partial charge in [0.1, 0.15) is 12.9 Å². The zero-order valence-electron chi connectivity index (χ0n) is 15.6. The van der Waals surface area contributed by atoms with E-state index < -0.39 is 4.05 Å². The second kappa shape index (κ2) is 9.76. The lowest BCUT2D eigenvalue weighted by Crippen LogP contribution is -2.18. The number of rotatable bonds is 9. The molecule has 0 fully saturated rings. The number of aliphatic hydroxyl groups excluding tert-OH is 1. The Balaban J connectivity index is 1.80. The lowest BCUT2D eigenvalue weighted by Gasteiger charge is -2.15. The molecule has 0 atom stereocenters. The van der Waals surface area contributed by atoms with Gasteiger partial charge in [0.05, 0.1) is 6.61 Å². The van der Waals surface area contributed by atoms with E-state index in [0.29, 0.717) is 39.6 Å². The SMILES string of the molecule is C=C(Nc1ccc(NC(F)(F)I)cc1)c1cnc(OCCO)c(-c2cncnc2)c1. The van der Waals surface area contributed by atoms with Gasteiger partial charge in [-0.25, -0.2) is 15.0 Å². The summed E-state index contributed by atoms with van der Waals surface area (Å²) in [5.74, 6) is 0.338. The minimum atomic E-state index is -3.03. The molecule has 2 heterocycles. The predicted molar refractivity (Wildman–Crippen MR) is 120 cm³/mol. The van der Waals surface area contributed by atoms with Gasteiger partial charge in [-0.1, -0.05) is 6.58 Å². The van der Waals surface area contributed by atoms with E-state index in [9.17, 15) is 8.78 Å². The number of hydrogen-bond donors (Lipinski definition) is 3. The topological polar surface area (TPSA) is 92.2 Å². The van der Waals surface area contributed by atoms with E-state index in [0.717, 1.165) is 22.6 Å². The molecule has 0 saturated heterocycles. The Bertz CT molecular complexity index is 998. The van der Waals surface area contributed by atoms with Crippen LogP contribution in [-0.2, 0) is 0 Å². The number of ether oxygens (including phenoxy) is 1. The lowest BCUT2D eigenvalue weighted by molar-refractivity contribution is 0.160. The molecular weight excluding hydrogens is 507 g/mol. The number of hydrogen-bond acceptors (Lipinski definition) is 7. The first-order valence-electron chi connectivity index (χ1n) is 8.76. The first kappa shape index (κ1) is 21.8. The average Bonchev–Trinajstić information content (AvgIpc) is 2.73. The highest BCUT2D eigenvalue weighted by Gasteiger charge is 2.22. The first-order chi connectivity index (χ1) is 14.4. The minimum Gasteiger partial charge on any atom is -0.475 e. The number of nitrogens with zero attached hydrogens (tertiary/aromatic N) is 3. The molecular formula is C20H18F2IN5O2. The fourth-order valence-electron chi connectivity index (χ4n) is 2.57. The van der Waals surface area contributed by atoms with Crippen molar-refractivity contribution in [3.8, 4) is 17.0 Å². The Kier molecular flexibility index (Phi) is 7.11. The minimum absolute atomic E-state index is 0.100. The van der Waals surface area contributed by atoms with Gasteiger partial charge in [0.15, 0.2) is 0 Å². The molecule has 30 heavy (non-hydrogen) atoms. The van der Waals surface area contributed by atoms with Crippen molar-refractivity contribution < 1.29 is 18.6 Å². The Morgan fingerprint density at radius 1 is 1.13 bits per heavy atom. The Morgan fingerprint density at radius 3 is 2.43 bits per heavy atom. The first-order valence-corrected chi connectivity index (χ1v) is 9.84. The quantitative estimate of drug-likeness (QED) is 0.217. The highest BCUT2D eigenvalue weighted by Crippen LogP contribution is 2.31. The maximum Gasteiger partial charge on any atom is 0.374 e. The van der Waals surface area contributed by atoms with Crippen LogP contribution in [0.15, 0.2) is 61.8 Å². The van der Waals surface area contributed by atoms with E-state index in [2.05, 4.69) is 32.2 Å². The summed E-state index contributed by atoms with van der Waals surface area (Å²) in [6.45, 7) is 3.99. The third kappa shape index (κ3) is 6.07. The summed E-state index contributed by atoms with van der Waals surface area (Å²) in [6, 6.07) is 8.22. The zero-order chi connectivity index (χ0) is 21.6. The predicted octanol–water partition coefficient (Wildman–Crippen LogP) is 4.39. The van der Waals surface area contributed by atoms with Crippen LogP contribution in [0, 0.1) is 0 Å². The fourth-order valence-corrected chi connectivity index (χ4v) is 2.88. The Hall–Kier alpha value is -2.86. The molecule has 10 heteroatoms. The standard InChI is InChI=1S/C20H18F2IN5O2/c1-13(27-16-2-4-17(5-3-16)28-20(21,22)23)14-8-18(15-9-24-12-25-10-15)19(26-11-14)30-7-6-29/h2-5,8-12,27-29H,1,6-7H2. The monoisotopic (exact) mass is 525 g/mol. The number of aromatic nitrogens is 3. The highest BCUT2D eigenvalue weighted by molar-refractivity contribution is 14.1. The molecule has 3 aromatic rings. The van der Waals surface area contributed by atoms with Gasteiger partial charge >= 0.3 is 4.05 Å². The van der Waals surface area contributed by atoms with Crippen molar-refractivity contribution in [1.29, 1.82) is 0 Å². The molecule has 156 valence electrons. The van der Waals surface area contributed by atoms with Gasteiger partial charge in [-0.15, -0.1) is 0 Å². The van der Waals surface area contributed by atoms with Crippen LogP contribution in [0.2, 0.25) is 0 Å². The molecule has 0 saturated carbocycles. The van der Waals surface area contributed by atoms with Gasteiger partial charge in [-0.2, -0.15) is 8.78 Å². The molecule has 3 N–H and O–H groups in total. The number of aliphatic hydroxyl groups is 1. The smallest absolute Gasteiger partial charge is 0.374 e. The van der Waals surface area contributed by atoms with Crippen LogP contribution in [0.1, 0.15) is 5.56 Å². The van der Waals surface area contributed by atoms with Crippen molar-refractivity contribution in [2.75, 3.05) is 23.8 Å². The zero-order valence-corrected chi connectivity index (χ0v) is 17.8. The number of halogens is 3. The number of anilines is 2. The molecule has 0 bridgehead atoms. The summed E-state index contributed by atoms with van der Waals surface area (Å²) < 4.78 is 28.6. The third-order valence-corrected chi connectivity index (χ3v) is 4.14. The van der Waals surface area contributed by atoms with Gasteiger partial charge in [0, 0.05) is 74.9 Å². The number of alkyl halides is 3. The van der Waals surface area contributed by atoms with Crippen molar-refractivity contribution >= 4 is 39.7 Å². The van der Waals surface area contributed by atoms with Crippen LogP contribution >= 0.6 is 22.6 Å². The van der Waals surface area contributed by atoms with E-state index >= 15 is 0 Å². The molecule has 0 radical (unpaired) electrons. The van der Waals surface area contributed by atoms with Crippen molar-refractivity contribution in [2.24, 2.45) is 0 Å². The van der Waals surface area contributed by atoms with E-state index in [-0.39, 0.29) is 13.2 Å². The number of benzene rings is 1. The normalized spacial score (nSPS) is 11.1. The maximum absolute atomic E-state index is 13.0. The molecule has 2 aromatic heterocycles. The van der Waals surface area contributed by atoms with E-state index in [4.69, 9.17) is 9.84 Å². The van der Waals surface area contributed by atoms with Crippen molar-refractivity contribution in [3.63, 3.8) is 0 Å². The molecule has 0 aliphatic heterocycles. The van der Waals surface area contributed by atoms with E-state index in [1.807, 2.05) is 6.07 Å². The molecule has 0 spiro atoms. The molecule has 0 aliphatic carbocycles. The molecule has 3 rings (SSSR count). The van der Waals surface area contributed by atoms with Crippen LogP contribution in [-0.4, -0.2) is 37.3 Å². The van der Waals surface area contributed by atoms with Gasteiger partial charge in [-0.05, 0) is 30.3 Å². The van der Waals surface area contributed by atoms with Gasteiger partial charge in [-0.3, -0.25) is 0 Å². The van der Waals surface area contributed by atoms with Gasteiger partial charge < -0.3 is 20.5 Å². The Morgan fingerprint density at radius 2 is 1.80 bits per heavy atom. The van der Waals surface area contributed by atoms with E-state index in [1.54, 1.807) is 42.9 Å². The number of pyridine rings is 1. The molecule has 0 amide bonds. The summed E-state index contributed by atoms with van der Waals surface area (Å²) in [7, 11) is 0. The van der Waals surface area contributed by atoms with Gasteiger partial charge in [0.25, 0.3) is 0 Å². The average molecular weight is 525 g/mol.